The minimum atomic E-state index is -0.250. The summed E-state index contributed by atoms with van der Waals surface area (Å²) in [6.45, 7) is 8.24. The van der Waals surface area contributed by atoms with E-state index in [-0.39, 0.29) is 28.9 Å². The first kappa shape index (κ1) is 16.1. The Morgan fingerprint density at radius 2 is 2.14 bits per heavy atom. The molecule has 0 radical (unpaired) electrons. The number of ether oxygens (including phenoxy) is 2. The van der Waals surface area contributed by atoms with Crippen molar-refractivity contribution in [2.45, 2.75) is 65.9 Å². The van der Waals surface area contributed by atoms with Gasteiger partial charge in [-0.15, -0.1) is 0 Å². The maximum atomic E-state index is 11.7. The second kappa shape index (κ2) is 5.82. The minimum absolute atomic E-state index is 0.0425. The van der Waals surface area contributed by atoms with Crippen LogP contribution in [-0.4, -0.2) is 24.6 Å². The summed E-state index contributed by atoms with van der Waals surface area (Å²) in [4.78, 5) is 22.5. The maximum absolute atomic E-state index is 11.7. The normalized spacial score (nSPS) is 35.5. The van der Waals surface area contributed by atoms with Crippen LogP contribution in [0.5, 0.6) is 0 Å². The molecule has 2 rings (SSSR count). The van der Waals surface area contributed by atoms with Gasteiger partial charge in [-0.3, -0.25) is 9.59 Å². The fourth-order valence-electron chi connectivity index (χ4n) is 3.80. The Hall–Kier alpha value is -1.32. The Balaban J connectivity index is 1.95. The third-order valence-electron chi connectivity index (χ3n) is 5.52. The second-order valence-corrected chi connectivity index (χ2v) is 7.04. The zero-order valence-corrected chi connectivity index (χ0v) is 13.5. The first-order chi connectivity index (χ1) is 9.77. The highest BCUT2D eigenvalue weighted by molar-refractivity contribution is 5.72. The Bertz CT molecular complexity index is 467. The van der Waals surface area contributed by atoms with E-state index in [1.807, 2.05) is 6.92 Å². The lowest BCUT2D eigenvalue weighted by Gasteiger charge is -2.47. The molecular formula is C17H26O4. The van der Waals surface area contributed by atoms with E-state index in [1.165, 1.54) is 6.92 Å². The molecule has 3 atom stereocenters. The molecular weight excluding hydrogens is 268 g/mol. The van der Waals surface area contributed by atoms with Crippen LogP contribution in [0.25, 0.3) is 0 Å². The van der Waals surface area contributed by atoms with Crippen molar-refractivity contribution in [3.8, 4) is 0 Å². The number of allylic oxidation sites excluding steroid dienone is 1. The van der Waals surface area contributed by atoms with E-state index in [0.29, 0.717) is 13.0 Å². The van der Waals surface area contributed by atoms with E-state index < -0.39 is 0 Å². The van der Waals surface area contributed by atoms with Gasteiger partial charge < -0.3 is 9.47 Å². The molecule has 1 saturated heterocycles. The molecule has 2 bridgehead atoms. The van der Waals surface area contributed by atoms with E-state index in [4.69, 9.17) is 9.47 Å². The Morgan fingerprint density at radius 1 is 1.43 bits per heavy atom. The number of esters is 2. The Morgan fingerprint density at radius 3 is 2.76 bits per heavy atom. The SMILES string of the molecule is CC(=O)OC/C(C)=C/CC[C@]1(C)[C@@H]2CC[C@@]1(C)CC(=O)O2. The smallest absolute Gasteiger partial charge is 0.306 e. The van der Waals surface area contributed by atoms with E-state index in [1.54, 1.807) is 0 Å². The van der Waals surface area contributed by atoms with Crippen LogP contribution in [0, 0.1) is 10.8 Å². The summed E-state index contributed by atoms with van der Waals surface area (Å²) in [6, 6.07) is 0. The number of carbonyl (C=O) groups excluding carboxylic acids is 2. The third kappa shape index (κ3) is 3.14. The number of carbonyl (C=O) groups is 2. The molecule has 21 heavy (non-hydrogen) atoms. The fourth-order valence-corrected chi connectivity index (χ4v) is 3.80. The lowest BCUT2D eigenvalue weighted by molar-refractivity contribution is -0.174. The zero-order chi connectivity index (χ0) is 15.7. The highest BCUT2D eigenvalue weighted by Gasteiger charge is 2.59. The molecule has 1 saturated carbocycles. The van der Waals surface area contributed by atoms with Gasteiger partial charge >= 0.3 is 11.9 Å². The van der Waals surface area contributed by atoms with Crippen molar-refractivity contribution in [1.29, 1.82) is 0 Å². The van der Waals surface area contributed by atoms with Gasteiger partial charge in [-0.1, -0.05) is 19.9 Å². The van der Waals surface area contributed by atoms with Gasteiger partial charge in [0.25, 0.3) is 0 Å². The molecule has 0 aromatic rings. The summed E-state index contributed by atoms with van der Waals surface area (Å²) < 4.78 is 10.5. The lowest BCUT2D eigenvalue weighted by Crippen LogP contribution is -2.47. The Kier molecular flexibility index (Phi) is 4.45. The molecule has 0 N–H and O–H groups in total. The van der Waals surface area contributed by atoms with Gasteiger partial charge in [0.2, 0.25) is 0 Å². The quantitative estimate of drug-likeness (QED) is 0.576. The van der Waals surface area contributed by atoms with E-state index in [9.17, 15) is 9.59 Å². The van der Waals surface area contributed by atoms with Gasteiger partial charge in [0.1, 0.15) is 12.7 Å². The summed E-state index contributed by atoms with van der Waals surface area (Å²) in [5.74, 6) is -0.293. The number of rotatable bonds is 5. The summed E-state index contributed by atoms with van der Waals surface area (Å²) in [6.07, 6.45) is 6.70. The van der Waals surface area contributed by atoms with Gasteiger partial charge in [-0.05, 0) is 43.6 Å². The third-order valence-corrected chi connectivity index (χ3v) is 5.52. The molecule has 4 heteroatoms. The topological polar surface area (TPSA) is 52.6 Å². The van der Waals surface area contributed by atoms with Crippen LogP contribution in [0.15, 0.2) is 11.6 Å². The molecule has 2 aliphatic rings. The first-order valence-corrected chi connectivity index (χ1v) is 7.75. The van der Waals surface area contributed by atoms with Crippen LogP contribution < -0.4 is 0 Å². The van der Waals surface area contributed by atoms with Crippen molar-refractivity contribution >= 4 is 11.9 Å². The van der Waals surface area contributed by atoms with Crippen molar-refractivity contribution < 1.29 is 19.1 Å². The zero-order valence-electron chi connectivity index (χ0n) is 13.5. The van der Waals surface area contributed by atoms with Crippen molar-refractivity contribution in [1.82, 2.24) is 0 Å². The van der Waals surface area contributed by atoms with Crippen LogP contribution in [-0.2, 0) is 19.1 Å². The van der Waals surface area contributed by atoms with Gasteiger partial charge in [0.05, 0.1) is 6.42 Å². The number of fused-ring (bicyclic) bond motifs is 2. The van der Waals surface area contributed by atoms with Gasteiger partial charge in [-0.25, -0.2) is 0 Å². The largest absolute Gasteiger partial charge is 0.462 e. The van der Waals surface area contributed by atoms with Crippen LogP contribution in [0.4, 0.5) is 0 Å². The van der Waals surface area contributed by atoms with Crippen LogP contribution in [0.1, 0.15) is 59.8 Å². The maximum Gasteiger partial charge on any atom is 0.306 e. The molecule has 118 valence electrons. The van der Waals surface area contributed by atoms with Crippen molar-refractivity contribution in [3.05, 3.63) is 11.6 Å². The van der Waals surface area contributed by atoms with E-state index >= 15 is 0 Å². The lowest BCUT2D eigenvalue weighted by atomic mass is 9.62. The molecule has 2 fully saturated rings. The molecule has 0 aromatic carbocycles. The van der Waals surface area contributed by atoms with Gasteiger partial charge in [-0.2, -0.15) is 0 Å². The summed E-state index contributed by atoms with van der Waals surface area (Å²) in [7, 11) is 0. The fraction of sp³-hybridized carbons (Fsp3) is 0.765. The number of hydrogen-bond donors (Lipinski definition) is 0. The highest BCUT2D eigenvalue weighted by atomic mass is 16.5. The molecule has 0 amide bonds. The molecule has 0 spiro atoms. The van der Waals surface area contributed by atoms with Crippen LogP contribution in [0.2, 0.25) is 0 Å². The summed E-state index contributed by atoms with van der Waals surface area (Å²) in [5.41, 5.74) is 1.18. The summed E-state index contributed by atoms with van der Waals surface area (Å²) >= 11 is 0. The van der Waals surface area contributed by atoms with Crippen molar-refractivity contribution in [2.75, 3.05) is 6.61 Å². The van der Waals surface area contributed by atoms with Crippen LogP contribution >= 0.6 is 0 Å². The van der Waals surface area contributed by atoms with Crippen molar-refractivity contribution in [3.63, 3.8) is 0 Å². The minimum Gasteiger partial charge on any atom is -0.462 e. The highest BCUT2D eigenvalue weighted by Crippen LogP contribution is 2.60. The molecule has 0 aromatic heterocycles. The molecule has 1 aliphatic heterocycles. The molecule has 1 aliphatic carbocycles. The monoisotopic (exact) mass is 294 g/mol. The Labute approximate surface area is 126 Å². The standard InChI is InChI=1S/C17H26O4/c1-12(11-20-13(2)18)6-5-8-17(4)14-7-9-16(17,3)10-15(19)21-14/h6,14H,5,7-11H2,1-4H3/b12-6+/t14-,16-,17+/m0/s1. The second-order valence-electron chi connectivity index (χ2n) is 7.04. The predicted molar refractivity (Wildman–Crippen MR) is 79.6 cm³/mol. The van der Waals surface area contributed by atoms with Crippen molar-refractivity contribution in [2.24, 2.45) is 10.8 Å². The van der Waals surface area contributed by atoms with E-state index in [0.717, 1.165) is 31.3 Å². The average molecular weight is 294 g/mol. The molecule has 0 unspecified atom stereocenters. The van der Waals surface area contributed by atoms with Crippen LogP contribution in [0.3, 0.4) is 0 Å². The van der Waals surface area contributed by atoms with Gasteiger partial charge in [0.15, 0.2) is 0 Å². The number of hydrogen-bond acceptors (Lipinski definition) is 4. The molecule has 1 heterocycles. The predicted octanol–water partition coefficient (Wildman–Crippen LogP) is 3.40. The first-order valence-electron chi connectivity index (χ1n) is 7.75. The van der Waals surface area contributed by atoms with E-state index in [2.05, 4.69) is 19.9 Å². The average Bonchev–Trinajstić information content (AvgIpc) is 2.54. The summed E-state index contributed by atoms with van der Waals surface area (Å²) in [5, 5.41) is 0. The van der Waals surface area contributed by atoms with Gasteiger partial charge in [0, 0.05) is 12.3 Å². The molecule has 4 nitrogen and oxygen atoms in total.